The van der Waals surface area contributed by atoms with Gasteiger partial charge < -0.3 is 10.5 Å². The van der Waals surface area contributed by atoms with E-state index in [-0.39, 0.29) is 0 Å². The first-order chi connectivity index (χ1) is 8.02. The van der Waals surface area contributed by atoms with E-state index in [1.807, 2.05) is 26.0 Å². The molecular weight excluding hydrogens is 256 g/mol. The number of ether oxygens (including phenoxy) is 1. The summed E-state index contributed by atoms with van der Waals surface area (Å²) in [7, 11) is 1.60. The molecule has 0 bridgehead atoms. The Bertz CT molecular complexity index is 546. The minimum atomic E-state index is 0.583. The van der Waals surface area contributed by atoms with Crippen molar-refractivity contribution in [2.75, 3.05) is 12.8 Å². The smallest absolute Gasteiger partial charge is 0.137 e. The molecule has 17 heavy (non-hydrogen) atoms. The summed E-state index contributed by atoms with van der Waals surface area (Å²) in [5.74, 6) is 0.675. The normalized spacial score (nSPS) is 10.6. The van der Waals surface area contributed by atoms with Crippen molar-refractivity contribution < 1.29 is 4.74 Å². The number of anilines is 1. The fraction of sp³-hybridized carbons (Fsp3) is 0.250. The SMILES string of the molecule is COc1cc(C)c(-c2nc(C)c(N)s2)cc1Cl. The molecule has 0 fully saturated rings. The van der Waals surface area contributed by atoms with Gasteiger partial charge in [0.05, 0.1) is 17.8 Å². The van der Waals surface area contributed by atoms with Crippen molar-refractivity contribution in [3.8, 4) is 16.3 Å². The summed E-state index contributed by atoms with van der Waals surface area (Å²) < 4.78 is 5.17. The molecule has 0 amide bonds. The molecule has 90 valence electrons. The molecule has 5 heteroatoms. The van der Waals surface area contributed by atoms with E-state index in [4.69, 9.17) is 22.1 Å². The number of benzene rings is 1. The van der Waals surface area contributed by atoms with Crippen LogP contribution in [0.4, 0.5) is 5.00 Å². The van der Waals surface area contributed by atoms with Gasteiger partial charge in [0.15, 0.2) is 0 Å². The van der Waals surface area contributed by atoms with Crippen LogP contribution in [0, 0.1) is 13.8 Å². The molecule has 0 unspecified atom stereocenters. The van der Waals surface area contributed by atoms with Crippen LogP contribution in [0.3, 0.4) is 0 Å². The quantitative estimate of drug-likeness (QED) is 0.904. The Morgan fingerprint density at radius 1 is 1.35 bits per heavy atom. The summed E-state index contributed by atoms with van der Waals surface area (Å²) in [5, 5.41) is 2.22. The van der Waals surface area contributed by atoms with Gasteiger partial charge in [-0.2, -0.15) is 0 Å². The van der Waals surface area contributed by atoms with E-state index in [2.05, 4.69) is 4.98 Å². The van der Waals surface area contributed by atoms with Gasteiger partial charge in [-0.05, 0) is 31.5 Å². The van der Waals surface area contributed by atoms with Gasteiger partial charge in [0.1, 0.15) is 15.8 Å². The standard InChI is InChI=1S/C12H13ClN2OS/c1-6-4-10(16-3)9(13)5-8(6)12-15-7(2)11(14)17-12/h4-5H,14H2,1-3H3. The van der Waals surface area contributed by atoms with Gasteiger partial charge in [-0.1, -0.05) is 22.9 Å². The van der Waals surface area contributed by atoms with Gasteiger partial charge in [-0.15, -0.1) is 0 Å². The van der Waals surface area contributed by atoms with E-state index in [9.17, 15) is 0 Å². The summed E-state index contributed by atoms with van der Waals surface area (Å²) in [6, 6.07) is 3.78. The number of thiazole rings is 1. The molecule has 0 aliphatic heterocycles. The zero-order valence-electron chi connectivity index (χ0n) is 9.87. The number of aryl methyl sites for hydroxylation is 2. The Balaban J connectivity index is 2.56. The summed E-state index contributed by atoms with van der Waals surface area (Å²) in [6.45, 7) is 3.90. The molecule has 0 aliphatic carbocycles. The molecular formula is C12H13ClN2OS. The first-order valence-corrected chi connectivity index (χ1v) is 6.29. The number of halogens is 1. The number of hydrogen-bond donors (Lipinski definition) is 1. The predicted molar refractivity (Wildman–Crippen MR) is 73.0 cm³/mol. The maximum Gasteiger partial charge on any atom is 0.137 e. The fourth-order valence-electron chi connectivity index (χ4n) is 1.57. The lowest BCUT2D eigenvalue weighted by molar-refractivity contribution is 0.415. The molecule has 0 atom stereocenters. The number of nitrogens with two attached hydrogens (primary N) is 1. The second-order valence-electron chi connectivity index (χ2n) is 3.77. The van der Waals surface area contributed by atoms with Crippen molar-refractivity contribution in [2.24, 2.45) is 0 Å². The largest absolute Gasteiger partial charge is 0.495 e. The lowest BCUT2D eigenvalue weighted by Crippen LogP contribution is -1.89. The molecule has 0 saturated carbocycles. The van der Waals surface area contributed by atoms with Crippen LogP contribution < -0.4 is 10.5 Å². The third-order valence-corrected chi connectivity index (χ3v) is 3.88. The van der Waals surface area contributed by atoms with Crippen LogP contribution in [-0.2, 0) is 0 Å². The number of nitrogens with zero attached hydrogens (tertiary/aromatic N) is 1. The lowest BCUT2D eigenvalue weighted by Gasteiger charge is -2.08. The Hall–Kier alpha value is -1.26. The number of nitrogen functional groups attached to an aromatic ring is 1. The molecule has 0 spiro atoms. The Kier molecular flexibility index (Phi) is 3.26. The van der Waals surface area contributed by atoms with E-state index in [1.54, 1.807) is 7.11 Å². The van der Waals surface area contributed by atoms with Crippen molar-refractivity contribution >= 4 is 27.9 Å². The minimum Gasteiger partial charge on any atom is -0.495 e. The molecule has 1 heterocycles. The highest BCUT2D eigenvalue weighted by Gasteiger charge is 2.12. The fourth-order valence-corrected chi connectivity index (χ4v) is 2.72. The third-order valence-electron chi connectivity index (χ3n) is 2.56. The van der Waals surface area contributed by atoms with E-state index < -0.39 is 0 Å². The first kappa shape index (κ1) is 12.2. The van der Waals surface area contributed by atoms with Gasteiger partial charge in [0.25, 0.3) is 0 Å². The van der Waals surface area contributed by atoms with E-state index in [0.717, 1.165) is 26.8 Å². The minimum absolute atomic E-state index is 0.583. The second-order valence-corrected chi connectivity index (χ2v) is 5.21. The maximum absolute atomic E-state index is 6.12. The number of rotatable bonds is 2. The zero-order valence-corrected chi connectivity index (χ0v) is 11.4. The average Bonchev–Trinajstić information content (AvgIpc) is 2.61. The average molecular weight is 269 g/mol. The zero-order chi connectivity index (χ0) is 12.6. The summed E-state index contributed by atoms with van der Waals surface area (Å²) in [6.07, 6.45) is 0. The molecule has 2 N–H and O–H groups in total. The highest BCUT2D eigenvalue weighted by atomic mass is 35.5. The second kappa shape index (κ2) is 4.55. The van der Waals surface area contributed by atoms with Crippen molar-refractivity contribution in [1.29, 1.82) is 0 Å². The monoisotopic (exact) mass is 268 g/mol. The van der Waals surface area contributed by atoms with Crippen LogP contribution in [0.2, 0.25) is 5.02 Å². The van der Waals surface area contributed by atoms with Crippen LogP contribution in [0.15, 0.2) is 12.1 Å². The summed E-state index contributed by atoms with van der Waals surface area (Å²) >= 11 is 7.59. The molecule has 0 aliphatic rings. The van der Waals surface area contributed by atoms with Gasteiger partial charge in [0, 0.05) is 5.56 Å². The molecule has 2 rings (SSSR count). The van der Waals surface area contributed by atoms with Crippen LogP contribution in [0.1, 0.15) is 11.3 Å². The number of aromatic nitrogens is 1. The van der Waals surface area contributed by atoms with Gasteiger partial charge in [0.2, 0.25) is 0 Å². The van der Waals surface area contributed by atoms with Crippen LogP contribution in [0.25, 0.3) is 10.6 Å². The molecule has 3 nitrogen and oxygen atoms in total. The van der Waals surface area contributed by atoms with Crippen molar-refractivity contribution in [2.45, 2.75) is 13.8 Å². The third kappa shape index (κ3) is 2.23. The van der Waals surface area contributed by atoms with Crippen LogP contribution >= 0.6 is 22.9 Å². The Morgan fingerprint density at radius 3 is 2.59 bits per heavy atom. The van der Waals surface area contributed by atoms with E-state index in [0.29, 0.717) is 10.8 Å². The van der Waals surface area contributed by atoms with E-state index >= 15 is 0 Å². The topological polar surface area (TPSA) is 48.1 Å². The van der Waals surface area contributed by atoms with Crippen molar-refractivity contribution in [1.82, 2.24) is 4.98 Å². The van der Waals surface area contributed by atoms with Crippen LogP contribution in [0.5, 0.6) is 5.75 Å². The Morgan fingerprint density at radius 2 is 2.06 bits per heavy atom. The highest BCUT2D eigenvalue weighted by Crippen LogP contribution is 2.36. The molecule has 0 saturated heterocycles. The number of methoxy groups -OCH3 is 1. The first-order valence-electron chi connectivity index (χ1n) is 5.10. The summed E-state index contributed by atoms with van der Waals surface area (Å²) in [4.78, 5) is 4.43. The van der Waals surface area contributed by atoms with Crippen molar-refractivity contribution in [3.05, 3.63) is 28.4 Å². The highest BCUT2D eigenvalue weighted by molar-refractivity contribution is 7.18. The van der Waals surface area contributed by atoms with Crippen LogP contribution in [-0.4, -0.2) is 12.1 Å². The maximum atomic E-state index is 6.12. The van der Waals surface area contributed by atoms with Gasteiger partial charge in [-0.3, -0.25) is 0 Å². The van der Waals surface area contributed by atoms with Crippen molar-refractivity contribution in [3.63, 3.8) is 0 Å². The molecule has 2 aromatic rings. The molecule has 1 aromatic heterocycles. The van der Waals surface area contributed by atoms with E-state index in [1.165, 1.54) is 11.3 Å². The molecule has 0 radical (unpaired) electrons. The van der Waals surface area contributed by atoms with Gasteiger partial charge >= 0.3 is 0 Å². The molecule has 1 aromatic carbocycles. The van der Waals surface area contributed by atoms with Gasteiger partial charge in [-0.25, -0.2) is 4.98 Å². The number of hydrogen-bond acceptors (Lipinski definition) is 4. The Labute approximate surface area is 109 Å². The lowest BCUT2D eigenvalue weighted by atomic mass is 10.1. The predicted octanol–water partition coefficient (Wildman–Crippen LogP) is 3.67. The summed E-state index contributed by atoms with van der Waals surface area (Å²) in [5.41, 5.74) is 8.75.